The van der Waals surface area contributed by atoms with Gasteiger partial charge in [-0.3, -0.25) is 4.99 Å². The van der Waals surface area contributed by atoms with E-state index in [0.717, 1.165) is 24.8 Å². The Morgan fingerprint density at radius 2 is 2.00 bits per heavy atom. The highest BCUT2D eigenvalue weighted by molar-refractivity contribution is 14.0. The Kier molecular flexibility index (Phi) is 9.24. The lowest BCUT2D eigenvalue weighted by Gasteiger charge is -2.28. The van der Waals surface area contributed by atoms with E-state index in [4.69, 9.17) is 4.74 Å². The second-order valence-corrected chi connectivity index (χ2v) is 7.19. The number of hydrogen-bond acceptors (Lipinski definition) is 3. The molecule has 1 fully saturated rings. The van der Waals surface area contributed by atoms with E-state index >= 15 is 0 Å². The van der Waals surface area contributed by atoms with Crippen molar-refractivity contribution in [3.05, 3.63) is 0 Å². The van der Waals surface area contributed by atoms with Gasteiger partial charge in [-0.15, -0.1) is 24.0 Å². The van der Waals surface area contributed by atoms with Crippen molar-refractivity contribution < 1.29 is 9.53 Å². The minimum absolute atomic E-state index is 0. The fourth-order valence-corrected chi connectivity index (χ4v) is 2.00. The number of halogens is 1. The maximum Gasteiger partial charge on any atom is 0.410 e. The minimum atomic E-state index is -0.462. The van der Waals surface area contributed by atoms with Crippen LogP contribution in [-0.4, -0.2) is 55.3 Å². The molecule has 23 heavy (non-hydrogen) atoms. The summed E-state index contributed by atoms with van der Waals surface area (Å²) in [6, 6.07) is 0.647. The molecule has 3 atom stereocenters. The van der Waals surface area contributed by atoms with Crippen LogP contribution in [0.2, 0.25) is 0 Å². The van der Waals surface area contributed by atoms with Gasteiger partial charge in [0, 0.05) is 32.7 Å². The van der Waals surface area contributed by atoms with Crippen molar-refractivity contribution in [2.45, 2.75) is 65.1 Å². The van der Waals surface area contributed by atoms with Crippen LogP contribution in [0.5, 0.6) is 0 Å². The Bertz CT molecular complexity index is 409. The molecule has 0 radical (unpaired) electrons. The lowest BCUT2D eigenvalue weighted by molar-refractivity contribution is 0.0230. The number of nitrogens with zero attached hydrogens (tertiary/aromatic N) is 2. The Morgan fingerprint density at radius 3 is 2.43 bits per heavy atom. The van der Waals surface area contributed by atoms with E-state index in [2.05, 4.69) is 22.5 Å². The van der Waals surface area contributed by atoms with Gasteiger partial charge in [0.25, 0.3) is 0 Å². The van der Waals surface area contributed by atoms with E-state index in [9.17, 15) is 4.79 Å². The number of nitrogens with one attached hydrogen (secondary N) is 2. The van der Waals surface area contributed by atoms with E-state index in [0.29, 0.717) is 6.04 Å². The summed E-state index contributed by atoms with van der Waals surface area (Å²) in [7, 11) is 3.55. The summed E-state index contributed by atoms with van der Waals surface area (Å²) < 4.78 is 5.37. The van der Waals surface area contributed by atoms with Crippen LogP contribution in [-0.2, 0) is 4.74 Å². The van der Waals surface area contributed by atoms with Crippen LogP contribution in [0, 0.1) is 5.92 Å². The van der Waals surface area contributed by atoms with Crippen LogP contribution in [0.3, 0.4) is 0 Å². The molecular weight excluding hydrogens is 407 g/mol. The number of aliphatic imine (C=N–C) groups is 1. The fraction of sp³-hybridized carbons (Fsp3) is 0.875. The highest BCUT2D eigenvalue weighted by Crippen LogP contribution is 2.28. The zero-order valence-electron chi connectivity index (χ0n) is 15.5. The molecule has 0 saturated heterocycles. The van der Waals surface area contributed by atoms with Crippen molar-refractivity contribution in [3.8, 4) is 0 Å². The number of amides is 1. The number of guanidine groups is 1. The van der Waals surface area contributed by atoms with E-state index in [1.807, 2.05) is 27.7 Å². The van der Waals surface area contributed by atoms with Crippen LogP contribution in [0.1, 0.15) is 47.5 Å². The van der Waals surface area contributed by atoms with Gasteiger partial charge in [0.1, 0.15) is 5.60 Å². The summed E-state index contributed by atoms with van der Waals surface area (Å²) in [5.41, 5.74) is -0.462. The number of ether oxygens (including phenoxy) is 1. The van der Waals surface area contributed by atoms with Gasteiger partial charge in [-0.1, -0.05) is 6.92 Å². The van der Waals surface area contributed by atoms with Crippen LogP contribution >= 0.6 is 24.0 Å². The quantitative estimate of drug-likeness (QED) is 0.392. The first-order valence-electron chi connectivity index (χ1n) is 8.07. The lowest BCUT2D eigenvalue weighted by Crippen LogP contribution is -2.43. The van der Waals surface area contributed by atoms with Crippen molar-refractivity contribution >= 4 is 36.0 Å². The molecule has 0 spiro atoms. The molecule has 1 amide bonds. The third kappa shape index (κ3) is 8.62. The third-order valence-electron chi connectivity index (χ3n) is 3.85. The Labute approximate surface area is 157 Å². The molecule has 0 bridgehead atoms. The van der Waals surface area contributed by atoms with Crippen molar-refractivity contribution in [3.63, 3.8) is 0 Å². The molecule has 0 aromatic heterocycles. The van der Waals surface area contributed by atoms with E-state index in [1.165, 1.54) is 6.42 Å². The van der Waals surface area contributed by atoms with Gasteiger partial charge in [0.05, 0.1) is 0 Å². The van der Waals surface area contributed by atoms with Gasteiger partial charge >= 0.3 is 6.09 Å². The van der Waals surface area contributed by atoms with E-state index in [1.54, 1.807) is 19.0 Å². The summed E-state index contributed by atoms with van der Waals surface area (Å²) in [5, 5.41) is 6.68. The summed E-state index contributed by atoms with van der Waals surface area (Å²) in [5.74, 6) is 1.57. The van der Waals surface area contributed by atoms with Crippen LogP contribution in [0.4, 0.5) is 4.79 Å². The van der Waals surface area contributed by atoms with Crippen molar-refractivity contribution in [2.75, 3.05) is 20.6 Å². The highest BCUT2D eigenvalue weighted by atomic mass is 127. The van der Waals surface area contributed by atoms with Gasteiger partial charge in [-0.25, -0.2) is 4.79 Å². The number of carbonyl (C=O) groups excluding carboxylic acids is 1. The van der Waals surface area contributed by atoms with Crippen LogP contribution < -0.4 is 10.6 Å². The minimum Gasteiger partial charge on any atom is -0.444 e. The van der Waals surface area contributed by atoms with Crippen molar-refractivity contribution in [1.29, 1.82) is 0 Å². The molecule has 3 unspecified atom stereocenters. The smallest absolute Gasteiger partial charge is 0.410 e. The summed E-state index contributed by atoms with van der Waals surface area (Å²) >= 11 is 0. The maximum absolute atomic E-state index is 12.0. The second-order valence-electron chi connectivity index (χ2n) is 7.19. The number of rotatable bonds is 5. The average molecular weight is 440 g/mol. The Morgan fingerprint density at radius 1 is 1.43 bits per heavy atom. The van der Waals surface area contributed by atoms with Crippen molar-refractivity contribution in [2.24, 2.45) is 10.9 Å². The number of hydrogen-bond donors (Lipinski definition) is 2. The van der Waals surface area contributed by atoms with Crippen LogP contribution in [0.25, 0.3) is 0 Å². The monoisotopic (exact) mass is 440 g/mol. The Balaban J connectivity index is 0.00000484. The first-order valence-corrected chi connectivity index (χ1v) is 8.07. The maximum atomic E-state index is 12.0. The van der Waals surface area contributed by atoms with Gasteiger partial charge in [-0.2, -0.15) is 0 Å². The van der Waals surface area contributed by atoms with E-state index in [-0.39, 0.29) is 36.1 Å². The predicted octanol–water partition coefficient (Wildman–Crippen LogP) is 2.82. The van der Waals surface area contributed by atoms with Crippen molar-refractivity contribution in [1.82, 2.24) is 15.5 Å². The van der Waals surface area contributed by atoms with Gasteiger partial charge < -0.3 is 20.3 Å². The molecule has 1 saturated carbocycles. The molecule has 7 heteroatoms. The first kappa shape index (κ1) is 22.3. The number of carbonyl (C=O) groups is 1. The van der Waals surface area contributed by atoms with Gasteiger partial charge in [-0.05, 0) is 46.5 Å². The zero-order chi connectivity index (χ0) is 16.9. The van der Waals surface area contributed by atoms with Gasteiger partial charge in [0.15, 0.2) is 5.96 Å². The first-order chi connectivity index (χ1) is 10.1. The Hall–Kier alpha value is -0.730. The third-order valence-corrected chi connectivity index (χ3v) is 3.85. The largest absolute Gasteiger partial charge is 0.444 e. The molecule has 0 aromatic carbocycles. The normalized spacial score (nSPS) is 21.8. The molecular formula is C16H33IN4O2. The SMILES string of the molecule is CN=C(NCCC(C)N(C)C(=O)OC(C)(C)C)NC1CC1C.I. The average Bonchev–Trinajstić information content (AvgIpc) is 3.09. The summed E-state index contributed by atoms with van der Waals surface area (Å²) in [6.07, 6.45) is 1.75. The summed E-state index contributed by atoms with van der Waals surface area (Å²) in [6.45, 7) is 10.6. The van der Waals surface area contributed by atoms with Crippen LogP contribution in [0.15, 0.2) is 4.99 Å². The fourth-order valence-electron chi connectivity index (χ4n) is 2.00. The summed E-state index contributed by atoms with van der Waals surface area (Å²) in [4.78, 5) is 17.9. The topological polar surface area (TPSA) is 66.0 Å². The lowest BCUT2D eigenvalue weighted by atomic mass is 10.2. The van der Waals surface area contributed by atoms with Gasteiger partial charge in [0.2, 0.25) is 0 Å². The molecule has 2 N–H and O–H groups in total. The molecule has 1 aliphatic rings. The standard InChI is InChI=1S/C16H32N4O2.HI/c1-11-10-13(11)19-14(17-6)18-9-8-12(2)20(7)15(21)22-16(3,4)5;/h11-13H,8-10H2,1-7H3,(H2,17,18,19);1H. The molecule has 0 aliphatic heterocycles. The highest BCUT2D eigenvalue weighted by Gasteiger charge is 2.33. The second kappa shape index (κ2) is 9.54. The molecule has 1 rings (SSSR count). The molecule has 0 aromatic rings. The molecule has 136 valence electrons. The molecule has 1 aliphatic carbocycles. The molecule has 0 heterocycles. The zero-order valence-corrected chi connectivity index (χ0v) is 17.8. The predicted molar refractivity (Wildman–Crippen MR) is 106 cm³/mol. The van der Waals surface area contributed by atoms with E-state index < -0.39 is 5.60 Å². The molecule has 6 nitrogen and oxygen atoms in total.